The molecule has 5 aliphatic rings. The Labute approximate surface area is 259 Å². The van der Waals surface area contributed by atoms with Crippen LogP contribution in [-0.4, -0.2) is 72.0 Å². The molecule has 5 heteroatoms. The van der Waals surface area contributed by atoms with Crippen molar-refractivity contribution in [3.8, 4) is 11.5 Å². The van der Waals surface area contributed by atoms with Gasteiger partial charge < -0.3 is 14.6 Å². The van der Waals surface area contributed by atoms with Crippen molar-refractivity contribution in [3.63, 3.8) is 0 Å². The minimum Gasteiger partial charge on any atom is -0.493 e. The number of nitrogens with zero attached hydrogens (tertiary/aromatic N) is 2. The van der Waals surface area contributed by atoms with Crippen molar-refractivity contribution in [2.45, 2.75) is 126 Å². The van der Waals surface area contributed by atoms with E-state index in [4.69, 9.17) is 9.47 Å². The average Bonchev–Trinajstić information content (AvgIpc) is 3.77. The number of ether oxygens (including phenoxy) is 2. The molecule has 2 saturated carbocycles. The molecule has 43 heavy (non-hydrogen) atoms. The van der Waals surface area contributed by atoms with Gasteiger partial charge in [0.2, 0.25) is 0 Å². The molecule has 0 amide bonds. The van der Waals surface area contributed by atoms with Gasteiger partial charge in [-0.2, -0.15) is 0 Å². The lowest BCUT2D eigenvalue weighted by Crippen LogP contribution is -2.78. The van der Waals surface area contributed by atoms with E-state index in [1.165, 1.54) is 80.9 Å². The summed E-state index contributed by atoms with van der Waals surface area (Å²) in [7, 11) is 1.77. The lowest BCUT2D eigenvalue weighted by atomic mass is 9.48. The van der Waals surface area contributed by atoms with Gasteiger partial charge in [-0.1, -0.05) is 69.0 Å². The first-order valence-corrected chi connectivity index (χ1v) is 17.7. The first-order chi connectivity index (χ1) is 21.1. The van der Waals surface area contributed by atoms with Gasteiger partial charge in [0.15, 0.2) is 11.5 Å². The summed E-state index contributed by atoms with van der Waals surface area (Å²) < 4.78 is 13.0. The van der Waals surface area contributed by atoms with E-state index in [1.54, 1.807) is 7.11 Å². The summed E-state index contributed by atoms with van der Waals surface area (Å²) >= 11 is 0. The van der Waals surface area contributed by atoms with E-state index < -0.39 is 5.60 Å². The quantitative estimate of drug-likeness (QED) is 0.230. The molecule has 2 aromatic rings. The number of likely N-dealkylation sites (tertiary alicyclic amines) is 1. The summed E-state index contributed by atoms with van der Waals surface area (Å²) in [5.74, 6) is 2.62. The maximum Gasteiger partial charge on any atom is 0.165 e. The van der Waals surface area contributed by atoms with Crippen LogP contribution in [0.3, 0.4) is 0 Å². The first kappa shape index (κ1) is 29.6. The Morgan fingerprint density at radius 2 is 1.74 bits per heavy atom. The van der Waals surface area contributed by atoms with E-state index in [-0.39, 0.29) is 17.6 Å². The van der Waals surface area contributed by atoms with Crippen LogP contribution in [0.4, 0.5) is 0 Å². The average molecular weight is 587 g/mol. The van der Waals surface area contributed by atoms with Crippen molar-refractivity contribution in [2.75, 3.05) is 33.3 Å². The fourth-order valence-corrected chi connectivity index (χ4v) is 9.63. The highest BCUT2D eigenvalue weighted by atomic mass is 16.5. The standard InChI is InChI=1S/C38H54N2O3/c1-3-4-11-23-39(24-12-6-5-8-13-28-14-9-7-10-15-28)31-20-21-38(41)33-26-30-18-19-32(42-2)35-34(30)37(38,36(31)43-35)22-25-40(33)27-29-16-17-29/h7,9-10,14-15,18-19,29,31,33,36,41H,3-6,8,11-13,16-17,20-27H2,1-2H3/t31?,33-,36?,37+,38-/m1/s1. The highest BCUT2D eigenvalue weighted by molar-refractivity contribution is 5.63. The van der Waals surface area contributed by atoms with Gasteiger partial charge in [-0.3, -0.25) is 9.80 Å². The van der Waals surface area contributed by atoms with E-state index in [2.05, 4.69) is 59.2 Å². The number of benzene rings is 2. The Balaban J connectivity index is 1.12. The summed E-state index contributed by atoms with van der Waals surface area (Å²) in [6.07, 6.45) is 16.5. The molecule has 2 aromatic carbocycles. The molecule has 3 fully saturated rings. The third-order valence-corrected chi connectivity index (χ3v) is 12.0. The summed E-state index contributed by atoms with van der Waals surface area (Å²) in [6, 6.07) is 15.9. The highest BCUT2D eigenvalue weighted by Crippen LogP contribution is 2.66. The Morgan fingerprint density at radius 1 is 0.953 bits per heavy atom. The topological polar surface area (TPSA) is 45.2 Å². The van der Waals surface area contributed by atoms with Crippen LogP contribution in [0.25, 0.3) is 0 Å². The number of aliphatic hydroxyl groups is 1. The van der Waals surface area contributed by atoms with Crippen LogP contribution in [0.2, 0.25) is 0 Å². The van der Waals surface area contributed by atoms with E-state index in [1.807, 2.05) is 0 Å². The predicted molar refractivity (Wildman–Crippen MR) is 173 cm³/mol. The highest BCUT2D eigenvalue weighted by Gasteiger charge is 2.73. The van der Waals surface area contributed by atoms with Crippen molar-refractivity contribution in [2.24, 2.45) is 5.92 Å². The fourth-order valence-electron chi connectivity index (χ4n) is 9.63. The molecule has 1 spiro atoms. The predicted octanol–water partition coefficient (Wildman–Crippen LogP) is 6.92. The molecule has 0 aromatic heterocycles. The third-order valence-electron chi connectivity index (χ3n) is 12.0. The summed E-state index contributed by atoms with van der Waals surface area (Å²) in [5.41, 5.74) is 3.08. The maximum absolute atomic E-state index is 13.0. The minimum atomic E-state index is -0.738. The number of hydrogen-bond donors (Lipinski definition) is 1. The Morgan fingerprint density at radius 3 is 2.51 bits per heavy atom. The van der Waals surface area contributed by atoms with Crippen molar-refractivity contribution < 1.29 is 14.6 Å². The van der Waals surface area contributed by atoms with Crippen LogP contribution in [0, 0.1) is 5.92 Å². The Hall–Kier alpha value is -2.08. The summed E-state index contributed by atoms with van der Waals surface area (Å²) in [4.78, 5) is 5.48. The smallest absolute Gasteiger partial charge is 0.165 e. The van der Waals surface area contributed by atoms with E-state index in [0.717, 1.165) is 69.3 Å². The monoisotopic (exact) mass is 586 g/mol. The third kappa shape index (κ3) is 5.21. The van der Waals surface area contributed by atoms with Gasteiger partial charge in [0.1, 0.15) is 6.10 Å². The van der Waals surface area contributed by atoms with Crippen LogP contribution in [0.15, 0.2) is 42.5 Å². The minimum absolute atomic E-state index is 0.0121. The molecule has 2 unspecified atom stereocenters. The Kier molecular flexibility index (Phi) is 8.52. The van der Waals surface area contributed by atoms with E-state index >= 15 is 0 Å². The van der Waals surface area contributed by atoms with Gasteiger partial charge in [-0.05, 0) is 107 Å². The second-order valence-electron chi connectivity index (χ2n) is 14.5. The molecule has 1 N–H and O–H groups in total. The second kappa shape index (κ2) is 12.4. The summed E-state index contributed by atoms with van der Waals surface area (Å²) in [6.45, 7) is 6.80. The molecule has 2 aliphatic heterocycles. The largest absolute Gasteiger partial charge is 0.493 e. The van der Waals surface area contributed by atoms with Gasteiger partial charge in [0.05, 0.1) is 18.1 Å². The van der Waals surface area contributed by atoms with Crippen LogP contribution < -0.4 is 9.47 Å². The molecule has 2 bridgehead atoms. The zero-order valence-corrected chi connectivity index (χ0v) is 26.7. The van der Waals surface area contributed by atoms with E-state index in [0.29, 0.717) is 6.04 Å². The fraction of sp³-hybridized carbons (Fsp3) is 0.684. The first-order valence-electron chi connectivity index (χ1n) is 17.7. The van der Waals surface area contributed by atoms with Gasteiger partial charge in [-0.25, -0.2) is 0 Å². The molecule has 5 atom stereocenters. The summed E-state index contributed by atoms with van der Waals surface area (Å²) in [5, 5.41) is 13.0. The number of hydrogen-bond acceptors (Lipinski definition) is 5. The second-order valence-corrected chi connectivity index (χ2v) is 14.5. The van der Waals surface area contributed by atoms with Gasteiger partial charge >= 0.3 is 0 Å². The van der Waals surface area contributed by atoms with Crippen LogP contribution in [-0.2, 0) is 18.3 Å². The zero-order valence-electron chi connectivity index (χ0n) is 26.7. The van der Waals surface area contributed by atoms with Gasteiger partial charge in [0.25, 0.3) is 0 Å². The number of aryl methyl sites for hydroxylation is 1. The molecule has 7 rings (SSSR count). The van der Waals surface area contributed by atoms with Gasteiger partial charge in [0, 0.05) is 24.2 Å². The van der Waals surface area contributed by atoms with Crippen LogP contribution >= 0.6 is 0 Å². The van der Waals surface area contributed by atoms with E-state index in [9.17, 15) is 5.11 Å². The number of rotatable bonds is 15. The lowest BCUT2D eigenvalue weighted by molar-refractivity contribution is -0.200. The van der Waals surface area contributed by atoms with Crippen LogP contribution in [0.1, 0.15) is 101 Å². The van der Waals surface area contributed by atoms with Crippen molar-refractivity contribution in [3.05, 3.63) is 59.2 Å². The number of methoxy groups -OCH3 is 1. The molecule has 0 radical (unpaired) electrons. The van der Waals surface area contributed by atoms with Crippen molar-refractivity contribution >= 4 is 0 Å². The number of piperidine rings is 1. The zero-order chi connectivity index (χ0) is 29.4. The van der Waals surface area contributed by atoms with Crippen molar-refractivity contribution in [1.82, 2.24) is 9.80 Å². The molecular formula is C38H54N2O3. The van der Waals surface area contributed by atoms with Gasteiger partial charge in [-0.15, -0.1) is 0 Å². The SMILES string of the molecule is CCCCCN(CCCCCCc1ccccc1)C1CC[C@@]2(O)[C@H]3Cc4ccc(OC)c5c4[C@@]2(CCN3CC2CC2)C1O5. The molecule has 3 aliphatic carbocycles. The molecule has 5 nitrogen and oxygen atoms in total. The number of unbranched alkanes of at least 4 members (excludes halogenated alkanes) is 5. The Bertz CT molecular complexity index is 1250. The molecule has 234 valence electrons. The normalized spacial score (nSPS) is 30.7. The lowest BCUT2D eigenvalue weighted by Gasteiger charge is -2.65. The van der Waals surface area contributed by atoms with Crippen molar-refractivity contribution in [1.29, 1.82) is 0 Å². The maximum atomic E-state index is 13.0. The molecule has 1 saturated heterocycles. The van der Waals surface area contributed by atoms with Crippen LogP contribution in [0.5, 0.6) is 11.5 Å². The molecule has 2 heterocycles. The molecular weight excluding hydrogens is 532 g/mol.